The number of amides is 1. The second kappa shape index (κ2) is 9.10. The molecule has 1 aliphatic heterocycles. The van der Waals surface area contributed by atoms with Crippen molar-refractivity contribution in [3.05, 3.63) is 29.8 Å². The van der Waals surface area contributed by atoms with Crippen molar-refractivity contribution in [2.75, 3.05) is 19.7 Å². The smallest absolute Gasteiger partial charge is 0.406 e. The average molecular weight is 369 g/mol. The summed E-state index contributed by atoms with van der Waals surface area (Å²) in [4.78, 5) is 12.0. The largest absolute Gasteiger partial charge is 0.573 e. The quantitative estimate of drug-likeness (QED) is 0.835. The van der Waals surface area contributed by atoms with Crippen LogP contribution in [0.3, 0.4) is 0 Å². The first kappa shape index (κ1) is 20.5. The fraction of sp³-hybridized carbons (Fsp3) is 0.533. The van der Waals surface area contributed by atoms with Gasteiger partial charge in [-0.15, -0.1) is 25.6 Å². The Labute approximate surface area is 144 Å². The molecule has 0 aromatic heterocycles. The van der Waals surface area contributed by atoms with Gasteiger partial charge in [-0.2, -0.15) is 0 Å². The molecule has 1 heterocycles. The summed E-state index contributed by atoms with van der Waals surface area (Å²) in [6.07, 6.45) is -4.75. The molecule has 1 aliphatic rings. The first-order chi connectivity index (χ1) is 10.9. The van der Waals surface area contributed by atoms with Crippen molar-refractivity contribution in [2.24, 2.45) is 0 Å². The average Bonchev–Trinajstić information content (AvgIpc) is 2.48. The highest BCUT2D eigenvalue weighted by molar-refractivity contribution is 5.85. The van der Waals surface area contributed by atoms with Gasteiger partial charge in [0.25, 0.3) is 0 Å². The molecular weight excluding hydrogens is 349 g/mol. The summed E-state index contributed by atoms with van der Waals surface area (Å²) >= 11 is 0. The molecule has 0 spiro atoms. The van der Waals surface area contributed by atoms with Crippen LogP contribution in [-0.4, -0.2) is 44.1 Å². The zero-order valence-electron chi connectivity index (χ0n) is 13.1. The van der Waals surface area contributed by atoms with Crippen LogP contribution in [0.4, 0.5) is 13.2 Å². The van der Waals surface area contributed by atoms with Crippen LogP contribution in [0.25, 0.3) is 0 Å². The van der Waals surface area contributed by atoms with E-state index in [1.807, 2.05) is 0 Å². The Morgan fingerprint density at radius 2 is 2.12 bits per heavy atom. The minimum atomic E-state index is -4.74. The predicted octanol–water partition coefficient (Wildman–Crippen LogP) is 2.04. The van der Waals surface area contributed by atoms with Gasteiger partial charge in [0.2, 0.25) is 5.91 Å². The van der Waals surface area contributed by atoms with Crippen LogP contribution >= 0.6 is 12.4 Å². The molecule has 0 radical (unpaired) electrons. The van der Waals surface area contributed by atoms with Crippen LogP contribution < -0.4 is 15.4 Å². The summed E-state index contributed by atoms with van der Waals surface area (Å²) < 4.78 is 46.4. The topological polar surface area (TPSA) is 59.6 Å². The van der Waals surface area contributed by atoms with Crippen molar-refractivity contribution in [1.29, 1.82) is 0 Å². The number of carbonyl (C=O) groups is 1. The SMILES string of the molecule is C[C@H]1OCCN[C@@H]1C(=O)NCCc1ccccc1OC(F)(F)F.Cl. The molecular formula is C15H20ClF3N2O3. The number of benzene rings is 1. The number of carbonyl (C=O) groups excluding carboxylic acids is 1. The molecule has 1 aromatic rings. The number of morpholine rings is 1. The highest BCUT2D eigenvalue weighted by Gasteiger charge is 2.32. The zero-order chi connectivity index (χ0) is 16.9. The van der Waals surface area contributed by atoms with Gasteiger partial charge in [-0.3, -0.25) is 4.79 Å². The number of nitrogens with one attached hydrogen (secondary N) is 2. The molecule has 9 heteroatoms. The fourth-order valence-electron chi connectivity index (χ4n) is 2.39. The standard InChI is InChI=1S/C15H19F3N2O3.ClH/c1-10-13(19-8-9-22-10)14(21)20-7-6-11-4-2-3-5-12(11)23-15(16,17)18;/h2-5,10,13,19H,6-9H2,1H3,(H,20,21);1H/t10-,13+;/m1./s1. The molecule has 1 aromatic carbocycles. The third-order valence-corrected chi connectivity index (χ3v) is 3.49. The Kier molecular flexibility index (Phi) is 7.78. The number of hydrogen-bond acceptors (Lipinski definition) is 4. The van der Waals surface area contributed by atoms with Gasteiger partial charge in [-0.05, 0) is 25.0 Å². The molecule has 2 rings (SSSR count). The van der Waals surface area contributed by atoms with E-state index in [1.165, 1.54) is 18.2 Å². The summed E-state index contributed by atoms with van der Waals surface area (Å²) in [7, 11) is 0. The monoisotopic (exact) mass is 368 g/mol. The van der Waals surface area contributed by atoms with E-state index in [-0.39, 0.29) is 43.1 Å². The lowest BCUT2D eigenvalue weighted by atomic mass is 10.1. The van der Waals surface area contributed by atoms with E-state index in [0.717, 1.165) is 0 Å². The molecule has 0 bridgehead atoms. The van der Waals surface area contributed by atoms with Gasteiger partial charge in [0.15, 0.2) is 0 Å². The number of halogens is 4. The van der Waals surface area contributed by atoms with E-state index >= 15 is 0 Å². The van der Waals surface area contributed by atoms with Crippen LogP contribution in [0.15, 0.2) is 24.3 Å². The maximum Gasteiger partial charge on any atom is 0.573 e. The third-order valence-electron chi connectivity index (χ3n) is 3.49. The van der Waals surface area contributed by atoms with E-state index in [0.29, 0.717) is 18.7 Å². The van der Waals surface area contributed by atoms with Gasteiger partial charge >= 0.3 is 6.36 Å². The second-order valence-corrected chi connectivity index (χ2v) is 5.20. The van der Waals surface area contributed by atoms with E-state index in [2.05, 4.69) is 15.4 Å². The number of hydrogen-bond donors (Lipinski definition) is 2. The molecule has 5 nitrogen and oxygen atoms in total. The lowest BCUT2D eigenvalue weighted by molar-refractivity contribution is -0.274. The summed E-state index contributed by atoms with van der Waals surface area (Å²) in [6.45, 7) is 3.14. The molecule has 2 N–H and O–H groups in total. The normalized spacial score (nSPS) is 20.8. The molecule has 24 heavy (non-hydrogen) atoms. The van der Waals surface area contributed by atoms with Crippen molar-refractivity contribution in [3.63, 3.8) is 0 Å². The van der Waals surface area contributed by atoms with Gasteiger partial charge < -0.3 is 20.1 Å². The summed E-state index contributed by atoms with van der Waals surface area (Å²) in [5, 5.41) is 5.75. The minimum absolute atomic E-state index is 0. The Hall–Kier alpha value is -1.51. The van der Waals surface area contributed by atoms with Gasteiger partial charge in [-0.1, -0.05) is 18.2 Å². The highest BCUT2D eigenvalue weighted by atomic mass is 35.5. The number of rotatable bonds is 5. The van der Waals surface area contributed by atoms with Crippen LogP contribution in [0.5, 0.6) is 5.75 Å². The predicted molar refractivity (Wildman–Crippen MR) is 84.3 cm³/mol. The first-order valence-electron chi connectivity index (χ1n) is 7.33. The van der Waals surface area contributed by atoms with Gasteiger partial charge in [0, 0.05) is 13.1 Å². The van der Waals surface area contributed by atoms with Crippen LogP contribution in [0.1, 0.15) is 12.5 Å². The summed E-state index contributed by atoms with van der Waals surface area (Å²) in [5.74, 6) is -0.479. The number of ether oxygens (including phenoxy) is 2. The fourth-order valence-corrected chi connectivity index (χ4v) is 2.39. The molecule has 0 saturated carbocycles. The van der Waals surface area contributed by atoms with Crippen LogP contribution in [-0.2, 0) is 16.0 Å². The molecule has 136 valence electrons. The molecule has 0 aliphatic carbocycles. The van der Waals surface area contributed by atoms with E-state index in [9.17, 15) is 18.0 Å². The van der Waals surface area contributed by atoms with Crippen molar-refractivity contribution >= 4 is 18.3 Å². The van der Waals surface area contributed by atoms with Crippen molar-refractivity contribution in [1.82, 2.24) is 10.6 Å². The summed E-state index contributed by atoms with van der Waals surface area (Å²) in [6, 6.07) is 5.43. The van der Waals surface area contributed by atoms with Crippen LogP contribution in [0.2, 0.25) is 0 Å². The Balaban J connectivity index is 0.00000288. The van der Waals surface area contributed by atoms with Crippen molar-refractivity contribution in [2.45, 2.75) is 31.9 Å². The number of para-hydroxylation sites is 1. The molecule has 1 amide bonds. The maximum atomic E-state index is 12.3. The molecule has 0 unspecified atom stereocenters. The Bertz CT molecular complexity index is 543. The van der Waals surface area contributed by atoms with Crippen LogP contribution in [0, 0.1) is 0 Å². The lowest BCUT2D eigenvalue weighted by Crippen LogP contribution is -2.55. The lowest BCUT2D eigenvalue weighted by Gasteiger charge is -2.29. The maximum absolute atomic E-state index is 12.3. The van der Waals surface area contributed by atoms with Gasteiger partial charge in [-0.25, -0.2) is 0 Å². The Morgan fingerprint density at radius 1 is 1.42 bits per heavy atom. The molecule has 1 fully saturated rings. The highest BCUT2D eigenvalue weighted by Crippen LogP contribution is 2.26. The third kappa shape index (κ3) is 6.18. The van der Waals surface area contributed by atoms with Crippen molar-refractivity contribution < 1.29 is 27.4 Å². The second-order valence-electron chi connectivity index (χ2n) is 5.20. The Morgan fingerprint density at radius 3 is 2.79 bits per heavy atom. The summed E-state index contributed by atoms with van der Waals surface area (Å²) in [5.41, 5.74) is 0.381. The molecule has 2 atom stereocenters. The molecule has 1 saturated heterocycles. The number of alkyl halides is 3. The van der Waals surface area contributed by atoms with E-state index < -0.39 is 12.4 Å². The minimum Gasteiger partial charge on any atom is -0.406 e. The van der Waals surface area contributed by atoms with Gasteiger partial charge in [0.1, 0.15) is 11.8 Å². The van der Waals surface area contributed by atoms with E-state index in [4.69, 9.17) is 4.74 Å². The van der Waals surface area contributed by atoms with Gasteiger partial charge in [0.05, 0.1) is 12.7 Å². The van der Waals surface area contributed by atoms with Crippen molar-refractivity contribution in [3.8, 4) is 5.75 Å². The first-order valence-corrected chi connectivity index (χ1v) is 7.33. The van der Waals surface area contributed by atoms with E-state index in [1.54, 1.807) is 13.0 Å². The zero-order valence-corrected chi connectivity index (χ0v) is 13.9.